The third-order valence-electron chi connectivity index (χ3n) is 0.625. The number of nitrogens with two attached hydrogens (primary N) is 1. The molecule has 60 valence electrons. The average molecular weight is 156 g/mol. The van der Waals surface area contributed by atoms with Gasteiger partial charge in [0.05, 0.1) is 13.1 Å². The summed E-state index contributed by atoms with van der Waals surface area (Å²) in [4.78, 5) is 9.88. The Hall–Kier alpha value is -0.780. The van der Waals surface area contributed by atoms with Crippen molar-refractivity contribution in [3.05, 3.63) is 0 Å². The van der Waals surface area contributed by atoms with Crippen LogP contribution in [-0.4, -0.2) is 25.2 Å². The standard InChI is InChI=1S/C4H7F3N2O/c5-4(6,7)2-9-1-3(8)10/h9H,1-2H2,(H2,8,10). The predicted molar refractivity (Wildman–Crippen MR) is 28.1 cm³/mol. The molecular formula is C4H7F3N2O. The molecule has 0 atom stereocenters. The second-order valence-corrected chi connectivity index (χ2v) is 1.69. The molecule has 0 rings (SSSR count). The van der Waals surface area contributed by atoms with Gasteiger partial charge < -0.3 is 11.1 Å². The Balaban J connectivity index is 3.29. The van der Waals surface area contributed by atoms with Crippen LogP contribution in [0.25, 0.3) is 0 Å². The van der Waals surface area contributed by atoms with Gasteiger partial charge in [0.15, 0.2) is 0 Å². The van der Waals surface area contributed by atoms with E-state index in [2.05, 4.69) is 5.73 Å². The molecule has 0 heterocycles. The van der Waals surface area contributed by atoms with Crippen molar-refractivity contribution in [1.29, 1.82) is 0 Å². The van der Waals surface area contributed by atoms with Crippen molar-refractivity contribution >= 4 is 5.91 Å². The molecule has 0 aliphatic heterocycles. The van der Waals surface area contributed by atoms with Gasteiger partial charge in [-0.15, -0.1) is 0 Å². The van der Waals surface area contributed by atoms with Crippen LogP contribution in [0, 0.1) is 0 Å². The number of nitrogens with one attached hydrogen (secondary N) is 1. The lowest BCUT2D eigenvalue weighted by Gasteiger charge is -2.05. The minimum atomic E-state index is -4.28. The number of hydrogen-bond acceptors (Lipinski definition) is 2. The molecule has 3 N–H and O–H groups in total. The molecule has 0 aliphatic rings. The number of rotatable bonds is 3. The highest BCUT2D eigenvalue weighted by molar-refractivity contribution is 5.75. The summed E-state index contributed by atoms with van der Waals surface area (Å²) in [5.41, 5.74) is 4.55. The van der Waals surface area contributed by atoms with E-state index >= 15 is 0 Å². The van der Waals surface area contributed by atoms with E-state index in [9.17, 15) is 18.0 Å². The van der Waals surface area contributed by atoms with Gasteiger partial charge in [0.25, 0.3) is 0 Å². The second kappa shape index (κ2) is 3.40. The number of carbonyl (C=O) groups excluding carboxylic acids is 1. The molecule has 0 aromatic carbocycles. The lowest BCUT2D eigenvalue weighted by molar-refractivity contribution is -0.127. The average Bonchev–Trinajstić information content (AvgIpc) is 1.59. The maximum absolute atomic E-state index is 11.3. The Morgan fingerprint density at radius 1 is 1.50 bits per heavy atom. The molecule has 0 aliphatic carbocycles. The topological polar surface area (TPSA) is 55.1 Å². The van der Waals surface area contributed by atoms with Crippen molar-refractivity contribution in [3.8, 4) is 0 Å². The fraction of sp³-hybridized carbons (Fsp3) is 0.750. The summed E-state index contributed by atoms with van der Waals surface area (Å²) in [5, 5.41) is 1.83. The number of alkyl halides is 3. The summed E-state index contributed by atoms with van der Waals surface area (Å²) in [5.74, 6) is -0.802. The first-order chi connectivity index (χ1) is 4.42. The van der Waals surface area contributed by atoms with E-state index in [0.717, 1.165) is 0 Å². The van der Waals surface area contributed by atoms with E-state index in [4.69, 9.17) is 0 Å². The zero-order valence-electron chi connectivity index (χ0n) is 5.03. The van der Waals surface area contributed by atoms with Crippen LogP contribution < -0.4 is 11.1 Å². The quantitative estimate of drug-likeness (QED) is 0.585. The largest absolute Gasteiger partial charge is 0.401 e. The Kier molecular flexibility index (Phi) is 3.14. The first kappa shape index (κ1) is 9.22. The van der Waals surface area contributed by atoms with Crippen LogP contribution in [0.3, 0.4) is 0 Å². The van der Waals surface area contributed by atoms with Crippen LogP contribution in [0.5, 0.6) is 0 Å². The van der Waals surface area contributed by atoms with Gasteiger partial charge in [-0.2, -0.15) is 13.2 Å². The molecule has 6 heteroatoms. The third-order valence-corrected chi connectivity index (χ3v) is 0.625. The van der Waals surface area contributed by atoms with Crippen molar-refractivity contribution < 1.29 is 18.0 Å². The van der Waals surface area contributed by atoms with E-state index in [0.29, 0.717) is 0 Å². The normalized spacial score (nSPS) is 11.5. The molecule has 0 aromatic rings. The third kappa shape index (κ3) is 7.22. The first-order valence-electron chi connectivity index (χ1n) is 2.47. The maximum atomic E-state index is 11.3. The van der Waals surface area contributed by atoms with Crippen LogP contribution in [-0.2, 0) is 4.79 Å². The molecule has 0 unspecified atom stereocenters. The van der Waals surface area contributed by atoms with Crippen molar-refractivity contribution in [3.63, 3.8) is 0 Å². The van der Waals surface area contributed by atoms with E-state index in [1.165, 1.54) is 0 Å². The van der Waals surface area contributed by atoms with Crippen molar-refractivity contribution in [2.45, 2.75) is 6.18 Å². The van der Waals surface area contributed by atoms with Gasteiger partial charge in [-0.1, -0.05) is 0 Å². The minimum absolute atomic E-state index is 0.445. The van der Waals surface area contributed by atoms with E-state index in [1.54, 1.807) is 0 Å². The highest BCUT2D eigenvalue weighted by atomic mass is 19.4. The lowest BCUT2D eigenvalue weighted by atomic mass is 10.5. The molecule has 0 aromatic heterocycles. The number of primary amides is 1. The van der Waals surface area contributed by atoms with Crippen molar-refractivity contribution in [2.75, 3.05) is 13.1 Å². The van der Waals surface area contributed by atoms with Crippen LogP contribution in [0.4, 0.5) is 13.2 Å². The van der Waals surface area contributed by atoms with Gasteiger partial charge in [-0.3, -0.25) is 4.79 Å². The van der Waals surface area contributed by atoms with Crippen molar-refractivity contribution in [1.82, 2.24) is 5.32 Å². The van der Waals surface area contributed by atoms with E-state index in [-0.39, 0.29) is 0 Å². The van der Waals surface area contributed by atoms with Crippen LogP contribution in [0.15, 0.2) is 0 Å². The van der Waals surface area contributed by atoms with Gasteiger partial charge in [0.2, 0.25) is 5.91 Å². The summed E-state index contributed by atoms with van der Waals surface area (Å²) >= 11 is 0. The predicted octanol–water partition coefficient (Wildman–Crippen LogP) is -0.376. The number of hydrogen-bond donors (Lipinski definition) is 2. The fourth-order valence-electron chi connectivity index (χ4n) is 0.327. The lowest BCUT2D eigenvalue weighted by Crippen LogP contribution is -2.35. The number of carbonyl (C=O) groups is 1. The Bertz CT molecular complexity index is 122. The van der Waals surface area contributed by atoms with Gasteiger partial charge in [-0.25, -0.2) is 0 Å². The molecule has 0 spiro atoms. The molecular weight excluding hydrogens is 149 g/mol. The SMILES string of the molecule is NC(=O)CNCC(F)(F)F. The monoisotopic (exact) mass is 156 g/mol. The zero-order chi connectivity index (χ0) is 8.20. The first-order valence-corrected chi connectivity index (χ1v) is 2.47. The number of halogens is 3. The number of amides is 1. The molecule has 0 fully saturated rings. The summed E-state index contributed by atoms with van der Waals surface area (Å²) in [6.45, 7) is -1.63. The van der Waals surface area contributed by atoms with Crippen LogP contribution >= 0.6 is 0 Å². The highest BCUT2D eigenvalue weighted by Crippen LogP contribution is 2.11. The smallest absolute Gasteiger partial charge is 0.369 e. The van der Waals surface area contributed by atoms with E-state index < -0.39 is 25.2 Å². The second-order valence-electron chi connectivity index (χ2n) is 1.69. The molecule has 0 saturated heterocycles. The summed E-state index contributed by atoms with van der Waals surface area (Å²) in [6.07, 6.45) is -4.28. The maximum Gasteiger partial charge on any atom is 0.401 e. The summed E-state index contributed by atoms with van der Waals surface area (Å²) in [6, 6.07) is 0. The molecule has 0 bridgehead atoms. The zero-order valence-corrected chi connectivity index (χ0v) is 5.03. The molecule has 3 nitrogen and oxygen atoms in total. The molecule has 0 saturated carbocycles. The van der Waals surface area contributed by atoms with Gasteiger partial charge in [0, 0.05) is 0 Å². The fourth-order valence-corrected chi connectivity index (χ4v) is 0.327. The highest BCUT2D eigenvalue weighted by Gasteiger charge is 2.26. The summed E-state index contributed by atoms with van der Waals surface area (Å²) in [7, 11) is 0. The Morgan fingerprint density at radius 2 is 2.00 bits per heavy atom. The molecule has 0 radical (unpaired) electrons. The van der Waals surface area contributed by atoms with Crippen LogP contribution in [0.1, 0.15) is 0 Å². The molecule has 10 heavy (non-hydrogen) atoms. The molecule has 1 amide bonds. The minimum Gasteiger partial charge on any atom is -0.369 e. The Labute approximate surface area is 55.4 Å². The summed E-state index contributed by atoms with van der Waals surface area (Å²) < 4.78 is 33.9. The Morgan fingerprint density at radius 3 is 2.30 bits per heavy atom. The van der Waals surface area contributed by atoms with Gasteiger partial charge in [0.1, 0.15) is 0 Å². The van der Waals surface area contributed by atoms with Gasteiger partial charge in [-0.05, 0) is 0 Å². The van der Waals surface area contributed by atoms with Gasteiger partial charge >= 0.3 is 6.18 Å². The van der Waals surface area contributed by atoms with Crippen molar-refractivity contribution in [2.24, 2.45) is 5.73 Å². The van der Waals surface area contributed by atoms with Crippen LogP contribution in [0.2, 0.25) is 0 Å². The van der Waals surface area contributed by atoms with E-state index in [1.807, 2.05) is 5.32 Å².